The highest BCUT2D eigenvalue weighted by Crippen LogP contribution is 2.22. The number of methoxy groups -OCH3 is 1. The number of hydrogen-bond donors (Lipinski definition) is 0. The Bertz CT molecular complexity index is 643. The summed E-state index contributed by atoms with van der Waals surface area (Å²) in [6, 6.07) is 14.4. The number of carbonyl (C=O) groups is 1. The number of aromatic nitrogens is 1. The minimum absolute atomic E-state index is 0.0176. The van der Waals surface area contributed by atoms with Gasteiger partial charge in [0.1, 0.15) is 0 Å². The van der Waals surface area contributed by atoms with Crippen LogP contribution in [0.4, 0.5) is 0 Å². The molecule has 0 saturated carbocycles. The molecule has 2 heterocycles. The molecule has 0 N–H and O–H groups in total. The maximum Gasteiger partial charge on any atom is 0.310 e. The number of rotatable bonds is 4. The molecule has 2 aromatic rings. The van der Waals surface area contributed by atoms with Crippen LogP contribution in [0.5, 0.6) is 0 Å². The van der Waals surface area contributed by atoms with Crippen LogP contribution in [-0.2, 0) is 16.1 Å². The van der Waals surface area contributed by atoms with E-state index in [9.17, 15) is 4.79 Å². The molecule has 0 unspecified atom stereocenters. The van der Waals surface area contributed by atoms with E-state index < -0.39 is 0 Å². The average Bonchev–Trinajstić information content (AvgIpc) is 3.04. The molecule has 0 amide bonds. The zero-order valence-corrected chi connectivity index (χ0v) is 12.7. The van der Waals surface area contributed by atoms with Gasteiger partial charge in [-0.3, -0.25) is 14.7 Å². The lowest BCUT2D eigenvalue weighted by molar-refractivity contribution is -0.144. The maximum atomic E-state index is 11.6. The summed E-state index contributed by atoms with van der Waals surface area (Å²) in [4.78, 5) is 18.3. The van der Waals surface area contributed by atoms with Gasteiger partial charge in [0.25, 0.3) is 0 Å². The van der Waals surface area contributed by atoms with Crippen molar-refractivity contribution < 1.29 is 9.53 Å². The van der Waals surface area contributed by atoms with E-state index in [1.54, 1.807) is 0 Å². The van der Waals surface area contributed by atoms with E-state index in [4.69, 9.17) is 4.74 Å². The molecule has 4 heteroatoms. The molecule has 4 nitrogen and oxygen atoms in total. The first-order chi connectivity index (χ1) is 10.8. The fourth-order valence-electron chi connectivity index (χ4n) is 2.96. The number of ether oxygens (including phenoxy) is 1. The van der Waals surface area contributed by atoms with Crippen molar-refractivity contribution in [1.29, 1.82) is 0 Å². The molecule has 1 aliphatic heterocycles. The second-order valence-corrected chi connectivity index (χ2v) is 5.66. The Kier molecular flexibility index (Phi) is 4.49. The molecule has 1 saturated heterocycles. The molecule has 114 valence electrons. The van der Waals surface area contributed by atoms with Crippen LogP contribution in [0.3, 0.4) is 0 Å². The largest absolute Gasteiger partial charge is 0.469 e. The zero-order valence-electron chi connectivity index (χ0n) is 12.7. The normalized spacial score (nSPS) is 18.3. The highest BCUT2D eigenvalue weighted by atomic mass is 16.5. The van der Waals surface area contributed by atoms with E-state index in [-0.39, 0.29) is 11.9 Å². The van der Waals surface area contributed by atoms with Crippen LogP contribution in [0.1, 0.15) is 12.0 Å². The first-order valence-electron chi connectivity index (χ1n) is 7.57. The molecule has 0 aliphatic carbocycles. The summed E-state index contributed by atoms with van der Waals surface area (Å²) >= 11 is 0. The van der Waals surface area contributed by atoms with Crippen molar-refractivity contribution >= 4 is 5.97 Å². The Balaban J connectivity index is 1.68. The predicted molar refractivity (Wildman–Crippen MR) is 85.1 cm³/mol. The van der Waals surface area contributed by atoms with Gasteiger partial charge in [-0.05, 0) is 36.7 Å². The molecule has 1 aromatic heterocycles. The topological polar surface area (TPSA) is 42.4 Å². The Morgan fingerprint density at radius 2 is 2.23 bits per heavy atom. The highest BCUT2D eigenvalue weighted by Gasteiger charge is 2.28. The van der Waals surface area contributed by atoms with Crippen LogP contribution in [-0.4, -0.2) is 36.1 Å². The molecule has 0 bridgehead atoms. The third kappa shape index (κ3) is 3.34. The van der Waals surface area contributed by atoms with Gasteiger partial charge in [-0.1, -0.05) is 24.3 Å². The SMILES string of the molecule is COC(=O)[C@H]1CCN(Cc2cccc(-c3ccccn3)c2)C1. The average molecular weight is 296 g/mol. The third-order valence-corrected chi connectivity index (χ3v) is 4.10. The second-order valence-electron chi connectivity index (χ2n) is 5.66. The molecular formula is C18H20N2O2. The Morgan fingerprint density at radius 3 is 3.00 bits per heavy atom. The smallest absolute Gasteiger partial charge is 0.310 e. The highest BCUT2D eigenvalue weighted by molar-refractivity contribution is 5.72. The van der Waals surface area contributed by atoms with E-state index in [1.165, 1.54) is 12.7 Å². The van der Waals surface area contributed by atoms with Gasteiger partial charge in [-0.25, -0.2) is 0 Å². The number of pyridine rings is 1. The summed E-state index contributed by atoms with van der Waals surface area (Å²) in [7, 11) is 1.46. The fraction of sp³-hybridized carbons (Fsp3) is 0.333. The fourth-order valence-corrected chi connectivity index (χ4v) is 2.96. The molecule has 1 fully saturated rings. The van der Waals surface area contributed by atoms with Gasteiger partial charge in [0.15, 0.2) is 0 Å². The van der Waals surface area contributed by atoms with Gasteiger partial charge in [0.05, 0.1) is 18.7 Å². The lowest BCUT2D eigenvalue weighted by atomic mass is 10.1. The summed E-state index contributed by atoms with van der Waals surface area (Å²) < 4.78 is 4.84. The first-order valence-corrected chi connectivity index (χ1v) is 7.57. The van der Waals surface area contributed by atoms with E-state index in [0.717, 1.165) is 37.3 Å². The third-order valence-electron chi connectivity index (χ3n) is 4.10. The Labute approximate surface area is 130 Å². The van der Waals surface area contributed by atoms with Crippen molar-refractivity contribution in [2.45, 2.75) is 13.0 Å². The zero-order chi connectivity index (χ0) is 15.4. The summed E-state index contributed by atoms with van der Waals surface area (Å²) in [6.07, 6.45) is 2.69. The molecular weight excluding hydrogens is 276 g/mol. The predicted octanol–water partition coefficient (Wildman–Crippen LogP) is 2.74. The van der Waals surface area contributed by atoms with Gasteiger partial charge in [-0.15, -0.1) is 0 Å². The van der Waals surface area contributed by atoms with E-state index >= 15 is 0 Å². The molecule has 22 heavy (non-hydrogen) atoms. The van der Waals surface area contributed by atoms with E-state index in [2.05, 4.69) is 34.1 Å². The number of esters is 1. The van der Waals surface area contributed by atoms with Crippen LogP contribution in [0.25, 0.3) is 11.3 Å². The monoisotopic (exact) mass is 296 g/mol. The minimum atomic E-state index is -0.0928. The molecule has 1 aromatic carbocycles. The van der Waals surface area contributed by atoms with Crippen molar-refractivity contribution in [3.05, 3.63) is 54.2 Å². The van der Waals surface area contributed by atoms with Crippen LogP contribution in [0.2, 0.25) is 0 Å². The Hall–Kier alpha value is -2.20. The van der Waals surface area contributed by atoms with Crippen LogP contribution < -0.4 is 0 Å². The second kappa shape index (κ2) is 6.71. The molecule has 0 spiro atoms. The van der Waals surface area contributed by atoms with Gasteiger partial charge >= 0.3 is 5.97 Å². The number of likely N-dealkylation sites (tertiary alicyclic amines) is 1. The van der Waals surface area contributed by atoms with Crippen LogP contribution in [0.15, 0.2) is 48.7 Å². The van der Waals surface area contributed by atoms with Crippen molar-refractivity contribution in [2.24, 2.45) is 5.92 Å². The maximum absolute atomic E-state index is 11.6. The Morgan fingerprint density at radius 1 is 1.32 bits per heavy atom. The lowest BCUT2D eigenvalue weighted by Gasteiger charge is -2.16. The summed E-state index contributed by atoms with van der Waals surface area (Å²) in [6.45, 7) is 2.57. The van der Waals surface area contributed by atoms with Gasteiger partial charge in [-0.2, -0.15) is 0 Å². The quantitative estimate of drug-likeness (QED) is 0.814. The van der Waals surface area contributed by atoms with Gasteiger partial charge < -0.3 is 4.74 Å². The molecule has 3 rings (SSSR count). The van der Waals surface area contributed by atoms with Crippen molar-refractivity contribution in [3.63, 3.8) is 0 Å². The van der Waals surface area contributed by atoms with Crippen molar-refractivity contribution in [3.8, 4) is 11.3 Å². The first kappa shape index (κ1) is 14.7. The number of hydrogen-bond acceptors (Lipinski definition) is 4. The summed E-state index contributed by atoms with van der Waals surface area (Å²) in [5, 5.41) is 0. The van der Waals surface area contributed by atoms with Crippen molar-refractivity contribution in [2.75, 3.05) is 20.2 Å². The minimum Gasteiger partial charge on any atom is -0.469 e. The standard InChI is InChI=1S/C18H20N2O2/c1-22-18(21)16-8-10-20(13-16)12-14-5-4-6-15(11-14)17-7-2-3-9-19-17/h2-7,9,11,16H,8,10,12-13H2,1H3/t16-/m0/s1. The summed E-state index contributed by atoms with van der Waals surface area (Å²) in [5.74, 6) is -0.0753. The van der Waals surface area contributed by atoms with Gasteiger partial charge in [0, 0.05) is 24.8 Å². The van der Waals surface area contributed by atoms with Gasteiger partial charge in [0.2, 0.25) is 0 Å². The van der Waals surface area contributed by atoms with Crippen LogP contribution in [0, 0.1) is 5.92 Å². The number of benzene rings is 1. The number of carbonyl (C=O) groups excluding carboxylic acids is 1. The molecule has 1 atom stereocenters. The lowest BCUT2D eigenvalue weighted by Crippen LogP contribution is -2.23. The molecule has 0 radical (unpaired) electrons. The number of nitrogens with zero attached hydrogens (tertiary/aromatic N) is 2. The van der Waals surface area contributed by atoms with Crippen LogP contribution >= 0.6 is 0 Å². The van der Waals surface area contributed by atoms with E-state index in [0.29, 0.717) is 0 Å². The van der Waals surface area contributed by atoms with Crippen molar-refractivity contribution in [1.82, 2.24) is 9.88 Å². The molecule has 1 aliphatic rings. The van der Waals surface area contributed by atoms with E-state index in [1.807, 2.05) is 24.4 Å². The summed E-state index contributed by atoms with van der Waals surface area (Å²) in [5.41, 5.74) is 3.36.